The van der Waals surface area contributed by atoms with E-state index in [1.54, 1.807) is 44.4 Å². The van der Waals surface area contributed by atoms with Crippen molar-refractivity contribution in [3.05, 3.63) is 71.2 Å². The van der Waals surface area contributed by atoms with Crippen LogP contribution in [0.15, 0.2) is 48.5 Å². The van der Waals surface area contributed by atoms with Crippen LogP contribution in [-0.4, -0.2) is 5.97 Å². The maximum Gasteiger partial charge on any atom is 0.338 e. The molecule has 0 unspecified atom stereocenters. The van der Waals surface area contributed by atoms with Crippen molar-refractivity contribution in [2.45, 2.75) is 19.4 Å². The van der Waals surface area contributed by atoms with Crippen LogP contribution in [-0.2, 0) is 10.3 Å². The zero-order valence-electron chi connectivity index (χ0n) is 13.1. The summed E-state index contributed by atoms with van der Waals surface area (Å²) in [6, 6.07) is 12.8. The van der Waals surface area contributed by atoms with Crippen LogP contribution in [0.2, 0.25) is 0 Å². The van der Waals surface area contributed by atoms with Crippen molar-refractivity contribution in [1.82, 2.24) is 0 Å². The number of benzene rings is 2. The summed E-state index contributed by atoms with van der Waals surface area (Å²) in [5.41, 5.74) is 0.243. The number of hydrogen-bond acceptors (Lipinski definition) is 5. The second kappa shape index (κ2) is 7.17. The Morgan fingerprint density at radius 2 is 1.67 bits per heavy atom. The van der Waals surface area contributed by atoms with E-state index in [1.807, 2.05) is 0 Å². The summed E-state index contributed by atoms with van der Waals surface area (Å²) in [6.45, 7) is 10.1. The van der Waals surface area contributed by atoms with E-state index < -0.39 is 11.6 Å². The number of nitriles is 1. The highest BCUT2D eigenvalue weighted by atomic mass is 16.6. The maximum atomic E-state index is 12.3. The molecule has 0 spiro atoms. The molecule has 0 heterocycles. The van der Waals surface area contributed by atoms with E-state index in [0.29, 0.717) is 17.1 Å². The lowest BCUT2D eigenvalue weighted by molar-refractivity contribution is -0.00313. The van der Waals surface area contributed by atoms with Crippen molar-refractivity contribution >= 4 is 5.97 Å². The molecule has 0 aliphatic rings. The number of nitrogens with zero attached hydrogens (tertiary/aromatic N) is 2. The fraction of sp³-hybridized carbons (Fsp3) is 0.167. The summed E-state index contributed by atoms with van der Waals surface area (Å²) in [7, 11) is 0. The van der Waals surface area contributed by atoms with Gasteiger partial charge in [0.1, 0.15) is 11.4 Å². The number of rotatable bonds is 5. The second-order valence-electron chi connectivity index (χ2n) is 5.32. The number of hydrogen-bond donors (Lipinski definition) is 0. The van der Waals surface area contributed by atoms with E-state index in [-0.39, 0.29) is 0 Å². The molecule has 0 N–H and O–H groups in total. The molecule has 0 aliphatic carbocycles. The van der Waals surface area contributed by atoms with Crippen LogP contribution in [0.3, 0.4) is 0 Å². The molecule has 2 rings (SSSR count). The smallest absolute Gasteiger partial charge is 0.338 e. The molecule has 0 fully saturated rings. The molecule has 0 saturated carbocycles. The van der Waals surface area contributed by atoms with Crippen LogP contribution in [0.5, 0.6) is 11.5 Å². The van der Waals surface area contributed by atoms with Gasteiger partial charge in [-0.05, 0) is 60.8 Å². The third-order valence-corrected chi connectivity index (χ3v) is 3.30. The van der Waals surface area contributed by atoms with Crippen molar-refractivity contribution in [2.24, 2.45) is 0 Å². The van der Waals surface area contributed by atoms with Crippen LogP contribution < -0.4 is 9.57 Å². The summed E-state index contributed by atoms with van der Waals surface area (Å²) < 4.78 is 10.3. The molecule has 0 saturated heterocycles. The molecule has 0 radical (unpaired) electrons. The summed E-state index contributed by atoms with van der Waals surface area (Å²) in [6.07, 6.45) is 1.60. The Kier molecular flexibility index (Phi) is 5.03. The van der Waals surface area contributed by atoms with Gasteiger partial charge in [0, 0.05) is 0 Å². The zero-order chi connectivity index (χ0) is 17.6. The van der Waals surface area contributed by atoms with Gasteiger partial charge in [-0.3, -0.25) is 0 Å². The molecule has 2 aromatic rings. The quantitative estimate of drug-likeness (QED) is 0.362. The standard InChI is InChI=1S/C18H14N2O4/c1-18(2,14-6-10-15(11-7-14)22-12-19)23-17(21)13-4-8-16(9-5-13)24-20-3/h4-11H,1-2H3. The second-order valence-corrected chi connectivity index (χ2v) is 5.32. The fourth-order valence-corrected chi connectivity index (χ4v) is 2.03. The Hall–Kier alpha value is -3.51. The maximum absolute atomic E-state index is 12.3. The minimum Gasteiger partial charge on any atom is -0.451 e. The van der Waals surface area contributed by atoms with Gasteiger partial charge in [-0.1, -0.05) is 12.1 Å². The first kappa shape index (κ1) is 16.9. The topological polar surface area (TPSA) is 72.9 Å². The van der Waals surface area contributed by atoms with Gasteiger partial charge in [-0.25, -0.2) is 4.79 Å². The van der Waals surface area contributed by atoms with Crippen LogP contribution in [0, 0.1) is 18.1 Å². The van der Waals surface area contributed by atoms with Crippen LogP contribution >= 0.6 is 0 Å². The van der Waals surface area contributed by atoms with Crippen LogP contribution in [0.4, 0.5) is 0 Å². The monoisotopic (exact) mass is 322 g/mol. The predicted octanol–water partition coefficient (Wildman–Crippen LogP) is 3.85. The summed E-state index contributed by atoms with van der Waals surface area (Å²) in [5, 5.41) is 11.3. The van der Waals surface area contributed by atoms with E-state index in [4.69, 9.17) is 21.3 Å². The fourth-order valence-electron chi connectivity index (χ4n) is 2.03. The lowest BCUT2D eigenvalue weighted by Crippen LogP contribution is -2.25. The number of ether oxygens (including phenoxy) is 2. The van der Waals surface area contributed by atoms with Crippen molar-refractivity contribution in [1.29, 1.82) is 5.26 Å². The molecule has 0 aliphatic heterocycles. The highest BCUT2D eigenvalue weighted by molar-refractivity contribution is 5.89. The lowest BCUT2D eigenvalue weighted by atomic mass is 9.98. The Morgan fingerprint density at radius 3 is 2.21 bits per heavy atom. The largest absolute Gasteiger partial charge is 0.451 e. The molecule has 6 nitrogen and oxygen atoms in total. The van der Waals surface area contributed by atoms with E-state index in [9.17, 15) is 4.79 Å². The molecule has 0 atom stereocenters. The first-order valence-electron chi connectivity index (χ1n) is 7.00. The summed E-state index contributed by atoms with van der Waals surface area (Å²) in [5.74, 6) is 0.277. The highest BCUT2D eigenvalue weighted by Gasteiger charge is 2.26. The van der Waals surface area contributed by atoms with Crippen molar-refractivity contribution < 1.29 is 19.1 Å². The van der Waals surface area contributed by atoms with Crippen molar-refractivity contribution in [2.75, 3.05) is 0 Å². The van der Waals surface area contributed by atoms with Crippen molar-refractivity contribution in [3.63, 3.8) is 0 Å². The van der Waals surface area contributed by atoms with Gasteiger partial charge >= 0.3 is 5.97 Å². The average molecular weight is 322 g/mol. The third kappa shape index (κ3) is 4.02. The zero-order valence-corrected chi connectivity index (χ0v) is 13.1. The molecule has 0 amide bonds. The SMILES string of the molecule is [C-]#[N+]Oc1ccc(C(=O)OC(C)(C)c2ccc(OC#N)cc2)cc1. The number of carbonyl (C=O) groups is 1. The van der Waals surface area contributed by atoms with Crippen LogP contribution in [0.25, 0.3) is 5.01 Å². The van der Waals surface area contributed by atoms with Gasteiger partial charge in [-0.15, -0.1) is 5.26 Å². The normalized spacial score (nSPS) is 10.2. The summed E-state index contributed by atoms with van der Waals surface area (Å²) in [4.78, 5) is 16.9. The number of esters is 1. The average Bonchev–Trinajstić information content (AvgIpc) is 2.56. The van der Waals surface area contributed by atoms with E-state index >= 15 is 0 Å². The highest BCUT2D eigenvalue weighted by Crippen LogP contribution is 2.28. The molecule has 0 aromatic heterocycles. The minimum atomic E-state index is -0.867. The van der Waals surface area contributed by atoms with Gasteiger partial charge in [0.15, 0.2) is 0 Å². The predicted molar refractivity (Wildman–Crippen MR) is 84.8 cm³/mol. The van der Waals surface area contributed by atoms with Crippen LogP contribution in [0.1, 0.15) is 29.8 Å². The van der Waals surface area contributed by atoms with Gasteiger partial charge in [0.2, 0.25) is 5.75 Å². The molecule has 2 aromatic carbocycles. The Balaban J connectivity index is 2.11. The minimum absolute atomic E-state index is 0.352. The van der Waals surface area contributed by atoms with E-state index in [0.717, 1.165) is 5.56 Å². The first-order chi connectivity index (χ1) is 11.5. The first-order valence-corrected chi connectivity index (χ1v) is 7.00. The van der Waals surface area contributed by atoms with Gasteiger partial charge in [-0.2, -0.15) is 11.4 Å². The van der Waals surface area contributed by atoms with Gasteiger partial charge < -0.3 is 9.47 Å². The molecule has 24 heavy (non-hydrogen) atoms. The van der Waals surface area contributed by atoms with Gasteiger partial charge in [0.25, 0.3) is 6.26 Å². The van der Waals surface area contributed by atoms with E-state index in [1.165, 1.54) is 24.3 Å². The Bertz CT molecular complexity index is 797. The molecular weight excluding hydrogens is 308 g/mol. The number of carbonyl (C=O) groups excluding carboxylic acids is 1. The molecule has 0 bridgehead atoms. The third-order valence-electron chi connectivity index (χ3n) is 3.30. The van der Waals surface area contributed by atoms with Gasteiger partial charge in [0.05, 0.1) is 5.56 Å². The Labute approximate surface area is 139 Å². The molecule has 6 heteroatoms. The van der Waals surface area contributed by atoms with Crippen molar-refractivity contribution in [3.8, 4) is 17.8 Å². The Morgan fingerprint density at radius 1 is 1.08 bits per heavy atom. The molecule has 120 valence electrons. The van der Waals surface area contributed by atoms with E-state index in [2.05, 4.69) is 9.85 Å². The lowest BCUT2D eigenvalue weighted by Gasteiger charge is -2.25. The summed E-state index contributed by atoms with van der Waals surface area (Å²) >= 11 is 0. The molecular formula is C18H14N2O4.